The normalized spacial score (nSPS) is 11.9. The van der Waals surface area contributed by atoms with Gasteiger partial charge in [0.2, 0.25) is 5.91 Å². The van der Waals surface area contributed by atoms with E-state index in [1.807, 2.05) is 0 Å². The first kappa shape index (κ1) is 16.2. The van der Waals surface area contributed by atoms with Gasteiger partial charge in [0.05, 0.1) is 7.11 Å². The Hall–Kier alpha value is -2.83. The largest absolute Gasteiger partial charge is 0.496 e. The number of carbonyl (C=O) groups is 3. The summed E-state index contributed by atoms with van der Waals surface area (Å²) in [5.41, 5.74) is 5.76. The molecular formula is C14H16N2O5. The molecule has 112 valence electrons. The minimum atomic E-state index is -1.12. The number of ether oxygens (including phenoxy) is 1. The number of aliphatic carboxylic acids is 1. The third-order valence-electron chi connectivity index (χ3n) is 2.67. The molecule has 1 rings (SSSR count). The van der Waals surface area contributed by atoms with E-state index >= 15 is 0 Å². The zero-order chi connectivity index (χ0) is 16.0. The van der Waals surface area contributed by atoms with Crippen molar-refractivity contribution in [3.8, 4) is 5.75 Å². The summed E-state index contributed by atoms with van der Waals surface area (Å²) >= 11 is 0. The van der Waals surface area contributed by atoms with Crippen LogP contribution in [0.2, 0.25) is 0 Å². The van der Waals surface area contributed by atoms with Gasteiger partial charge in [-0.2, -0.15) is 0 Å². The predicted molar refractivity (Wildman–Crippen MR) is 75.8 cm³/mol. The molecule has 1 aromatic rings. The van der Waals surface area contributed by atoms with E-state index in [1.54, 1.807) is 0 Å². The summed E-state index contributed by atoms with van der Waals surface area (Å²) in [5.74, 6) is -1.84. The van der Waals surface area contributed by atoms with Crippen LogP contribution in [0.25, 0.3) is 6.08 Å². The molecule has 4 N–H and O–H groups in total. The fraction of sp³-hybridized carbons (Fsp3) is 0.214. The Morgan fingerprint density at radius 2 is 2.05 bits per heavy atom. The van der Waals surface area contributed by atoms with Crippen molar-refractivity contribution in [2.45, 2.75) is 13.0 Å². The molecule has 0 aliphatic rings. The fourth-order valence-corrected chi connectivity index (χ4v) is 1.52. The van der Waals surface area contributed by atoms with Crippen LogP contribution in [0.3, 0.4) is 0 Å². The Morgan fingerprint density at radius 3 is 2.57 bits per heavy atom. The first-order valence-corrected chi connectivity index (χ1v) is 6.04. The topological polar surface area (TPSA) is 119 Å². The molecule has 0 saturated carbocycles. The van der Waals surface area contributed by atoms with Gasteiger partial charge in [-0.1, -0.05) is 0 Å². The second-order valence-corrected chi connectivity index (χ2v) is 4.23. The summed E-state index contributed by atoms with van der Waals surface area (Å²) in [6.07, 6.45) is 2.25. The minimum Gasteiger partial charge on any atom is -0.496 e. The van der Waals surface area contributed by atoms with Gasteiger partial charge >= 0.3 is 5.97 Å². The van der Waals surface area contributed by atoms with Crippen LogP contribution in [-0.4, -0.2) is 36.0 Å². The average Bonchev–Trinajstić information content (AvgIpc) is 2.44. The van der Waals surface area contributed by atoms with E-state index in [1.165, 1.54) is 38.3 Å². The molecule has 0 saturated heterocycles. The van der Waals surface area contributed by atoms with E-state index in [2.05, 4.69) is 5.32 Å². The van der Waals surface area contributed by atoms with Crippen LogP contribution in [0, 0.1) is 0 Å². The lowest BCUT2D eigenvalue weighted by Crippen LogP contribution is -2.42. The van der Waals surface area contributed by atoms with Gasteiger partial charge in [-0.05, 0) is 31.2 Å². The highest BCUT2D eigenvalue weighted by Gasteiger charge is 2.14. The number of methoxy groups -OCH3 is 1. The Labute approximate surface area is 121 Å². The summed E-state index contributed by atoms with van der Waals surface area (Å²) in [5, 5.41) is 11.1. The zero-order valence-electron chi connectivity index (χ0n) is 11.6. The van der Waals surface area contributed by atoms with Crippen LogP contribution < -0.4 is 15.8 Å². The van der Waals surface area contributed by atoms with Gasteiger partial charge in [-0.25, -0.2) is 4.79 Å². The molecule has 7 nitrogen and oxygen atoms in total. The zero-order valence-corrected chi connectivity index (χ0v) is 11.6. The van der Waals surface area contributed by atoms with Crippen LogP contribution in [0.4, 0.5) is 0 Å². The van der Waals surface area contributed by atoms with Crippen LogP contribution >= 0.6 is 0 Å². The number of carbonyl (C=O) groups excluding carboxylic acids is 2. The van der Waals surface area contributed by atoms with Gasteiger partial charge in [0.25, 0.3) is 5.91 Å². The molecule has 1 aromatic carbocycles. The number of primary amides is 1. The van der Waals surface area contributed by atoms with Gasteiger partial charge in [0.15, 0.2) is 0 Å². The SMILES string of the molecule is COc1ccc(C(=O)NC(C)C(N)=O)cc1C=CC(=O)O. The molecule has 0 aromatic heterocycles. The van der Waals surface area contributed by atoms with Crippen LogP contribution in [-0.2, 0) is 9.59 Å². The molecule has 0 spiro atoms. The molecule has 0 bridgehead atoms. The molecule has 0 heterocycles. The van der Waals surface area contributed by atoms with Crippen molar-refractivity contribution in [1.82, 2.24) is 5.32 Å². The van der Waals surface area contributed by atoms with Crippen molar-refractivity contribution in [2.24, 2.45) is 5.73 Å². The number of benzene rings is 1. The molecule has 0 aliphatic heterocycles. The predicted octanol–water partition coefficient (Wildman–Crippen LogP) is 0.397. The third-order valence-corrected chi connectivity index (χ3v) is 2.67. The number of nitrogens with two attached hydrogens (primary N) is 1. The first-order chi connectivity index (χ1) is 9.85. The van der Waals surface area contributed by atoms with E-state index in [-0.39, 0.29) is 5.56 Å². The summed E-state index contributed by atoms with van der Waals surface area (Å²) in [6, 6.07) is 3.68. The molecule has 1 atom stereocenters. The van der Waals surface area contributed by atoms with Gasteiger partial charge in [-0.3, -0.25) is 9.59 Å². The van der Waals surface area contributed by atoms with Gasteiger partial charge in [0.1, 0.15) is 11.8 Å². The van der Waals surface area contributed by atoms with Crippen molar-refractivity contribution in [3.05, 3.63) is 35.4 Å². The average molecular weight is 292 g/mol. The maximum atomic E-state index is 11.9. The Bertz CT molecular complexity index is 595. The van der Waals surface area contributed by atoms with Crippen LogP contribution in [0.1, 0.15) is 22.8 Å². The van der Waals surface area contributed by atoms with Crippen molar-refractivity contribution in [2.75, 3.05) is 7.11 Å². The molecule has 21 heavy (non-hydrogen) atoms. The number of amides is 2. The number of rotatable bonds is 6. The van der Waals surface area contributed by atoms with E-state index in [0.717, 1.165) is 6.08 Å². The highest BCUT2D eigenvalue weighted by Crippen LogP contribution is 2.21. The van der Waals surface area contributed by atoms with E-state index < -0.39 is 23.8 Å². The van der Waals surface area contributed by atoms with Crippen molar-refractivity contribution < 1.29 is 24.2 Å². The van der Waals surface area contributed by atoms with Crippen LogP contribution in [0.5, 0.6) is 5.75 Å². The molecule has 0 fully saturated rings. The quantitative estimate of drug-likeness (QED) is 0.656. The molecule has 1 unspecified atom stereocenters. The molecule has 2 amide bonds. The van der Waals surface area contributed by atoms with Crippen molar-refractivity contribution >= 4 is 23.9 Å². The Balaban J connectivity index is 3.04. The molecule has 0 aliphatic carbocycles. The Kier molecular flexibility index (Phi) is 5.48. The first-order valence-electron chi connectivity index (χ1n) is 6.04. The number of hydrogen-bond donors (Lipinski definition) is 3. The smallest absolute Gasteiger partial charge is 0.328 e. The monoisotopic (exact) mass is 292 g/mol. The standard InChI is InChI=1S/C14H16N2O5/c1-8(13(15)19)16-14(20)10-3-5-11(21-2)9(7-10)4-6-12(17)18/h3-8H,1-2H3,(H2,15,19)(H,16,20)(H,17,18). The number of hydrogen-bond acceptors (Lipinski definition) is 4. The summed E-state index contributed by atoms with van der Waals surface area (Å²) in [6.45, 7) is 1.47. The van der Waals surface area contributed by atoms with E-state index in [0.29, 0.717) is 11.3 Å². The van der Waals surface area contributed by atoms with Crippen molar-refractivity contribution in [1.29, 1.82) is 0 Å². The number of carboxylic acids is 1. The highest BCUT2D eigenvalue weighted by molar-refractivity contribution is 5.98. The molecule has 0 radical (unpaired) electrons. The minimum absolute atomic E-state index is 0.258. The molecular weight excluding hydrogens is 276 g/mol. The maximum absolute atomic E-state index is 11.9. The third kappa shape index (κ3) is 4.64. The number of nitrogens with one attached hydrogen (secondary N) is 1. The van der Waals surface area contributed by atoms with Gasteiger partial charge in [0, 0.05) is 17.2 Å². The summed E-state index contributed by atoms with van der Waals surface area (Å²) < 4.78 is 5.08. The van der Waals surface area contributed by atoms with E-state index in [4.69, 9.17) is 15.6 Å². The fourth-order valence-electron chi connectivity index (χ4n) is 1.52. The van der Waals surface area contributed by atoms with E-state index in [9.17, 15) is 14.4 Å². The molecule has 7 heteroatoms. The lowest BCUT2D eigenvalue weighted by molar-refractivity contribution is -0.131. The van der Waals surface area contributed by atoms with Crippen molar-refractivity contribution in [3.63, 3.8) is 0 Å². The van der Waals surface area contributed by atoms with Gasteiger partial charge < -0.3 is 20.9 Å². The highest BCUT2D eigenvalue weighted by atomic mass is 16.5. The van der Waals surface area contributed by atoms with Gasteiger partial charge in [-0.15, -0.1) is 0 Å². The maximum Gasteiger partial charge on any atom is 0.328 e. The second kappa shape index (κ2) is 7.09. The Morgan fingerprint density at radius 1 is 1.38 bits per heavy atom. The van der Waals surface area contributed by atoms with Crippen LogP contribution in [0.15, 0.2) is 24.3 Å². The lowest BCUT2D eigenvalue weighted by atomic mass is 10.1. The lowest BCUT2D eigenvalue weighted by Gasteiger charge is -2.11. The number of carboxylic acid groups (broad SMARTS) is 1. The summed E-state index contributed by atoms with van der Waals surface area (Å²) in [7, 11) is 1.43. The second-order valence-electron chi connectivity index (χ2n) is 4.23. The summed E-state index contributed by atoms with van der Waals surface area (Å²) in [4.78, 5) is 33.4.